The lowest BCUT2D eigenvalue weighted by molar-refractivity contribution is -0.160. The number of hydrogen-bond donors (Lipinski definition) is 2. The Bertz CT molecular complexity index is 603. The fourth-order valence-corrected chi connectivity index (χ4v) is 3.45. The average molecular weight is 316 g/mol. The number of hydrogen-bond acceptors (Lipinski definition) is 3. The van der Waals surface area contributed by atoms with E-state index in [1.165, 1.54) is 5.56 Å². The molecule has 0 saturated carbocycles. The van der Waals surface area contributed by atoms with Gasteiger partial charge < -0.3 is 15.3 Å². The van der Waals surface area contributed by atoms with Crippen LogP contribution < -0.4 is 5.32 Å². The van der Waals surface area contributed by atoms with E-state index in [2.05, 4.69) is 31.3 Å². The third kappa shape index (κ3) is 3.11. The van der Waals surface area contributed by atoms with Gasteiger partial charge in [-0.2, -0.15) is 0 Å². The number of piperidine rings is 1. The highest BCUT2D eigenvalue weighted by Crippen LogP contribution is 2.37. The van der Waals surface area contributed by atoms with Crippen LogP contribution in [0.2, 0.25) is 0 Å². The van der Waals surface area contributed by atoms with Crippen molar-refractivity contribution in [3.05, 3.63) is 35.4 Å². The first kappa shape index (κ1) is 16.0. The molecule has 1 atom stereocenters. The molecule has 5 heteroatoms. The van der Waals surface area contributed by atoms with E-state index in [0.717, 1.165) is 5.56 Å². The topological polar surface area (TPSA) is 69.6 Å². The monoisotopic (exact) mass is 316 g/mol. The summed E-state index contributed by atoms with van der Waals surface area (Å²) in [6.45, 7) is 5.43. The normalized spacial score (nSPS) is 22.9. The molecule has 1 spiro atoms. The molecule has 5 nitrogen and oxygen atoms in total. The Balaban J connectivity index is 1.57. The van der Waals surface area contributed by atoms with Crippen LogP contribution in [-0.2, 0) is 16.0 Å². The van der Waals surface area contributed by atoms with Gasteiger partial charge in [0, 0.05) is 19.6 Å². The van der Waals surface area contributed by atoms with Crippen molar-refractivity contribution in [3.8, 4) is 0 Å². The average Bonchev–Trinajstić information content (AvgIpc) is 2.47. The van der Waals surface area contributed by atoms with Crippen molar-refractivity contribution in [3.63, 3.8) is 0 Å². The largest absolute Gasteiger partial charge is 0.391 e. The molecule has 0 radical (unpaired) electrons. The fraction of sp³-hybridized carbons (Fsp3) is 0.556. The minimum Gasteiger partial charge on any atom is -0.391 e. The maximum Gasteiger partial charge on any atom is 0.230 e. The van der Waals surface area contributed by atoms with Crippen LogP contribution in [-0.4, -0.2) is 47.6 Å². The standard InChI is InChI=1S/C18H24N2O3/c1-12(2)14-5-3-13(4-6-14)7-16(22)20-10-18(11-20)8-15(21)9-19-17(18)23/h3-6,12,15,21H,7-11H2,1-2H3,(H,19,23). The highest BCUT2D eigenvalue weighted by molar-refractivity contribution is 5.89. The van der Waals surface area contributed by atoms with Gasteiger partial charge in [0.25, 0.3) is 0 Å². The number of aliphatic hydroxyl groups is 1. The van der Waals surface area contributed by atoms with E-state index in [1.807, 2.05) is 12.1 Å². The molecule has 0 aromatic heterocycles. The summed E-state index contributed by atoms with van der Waals surface area (Å²) in [6.07, 6.45) is 0.304. The Morgan fingerprint density at radius 1 is 1.35 bits per heavy atom. The zero-order chi connectivity index (χ0) is 16.6. The van der Waals surface area contributed by atoms with Gasteiger partial charge in [0.2, 0.25) is 11.8 Å². The minimum atomic E-state index is -0.575. The van der Waals surface area contributed by atoms with Crippen molar-refractivity contribution in [1.82, 2.24) is 10.2 Å². The number of β-amino-alcohol motifs (C(OH)–C–C–N with tert-alkyl or cyclic N) is 1. The van der Waals surface area contributed by atoms with Gasteiger partial charge in [0.05, 0.1) is 17.9 Å². The number of aliphatic hydroxyl groups excluding tert-OH is 1. The molecular weight excluding hydrogens is 292 g/mol. The van der Waals surface area contributed by atoms with Crippen LogP contribution in [0.25, 0.3) is 0 Å². The molecular formula is C18H24N2O3. The molecule has 0 bridgehead atoms. The quantitative estimate of drug-likeness (QED) is 0.876. The van der Waals surface area contributed by atoms with E-state index in [9.17, 15) is 14.7 Å². The van der Waals surface area contributed by atoms with Gasteiger partial charge in [-0.05, 0) is 23.5 Å². The molecule has 1 unspecified atom stereocenters. The Morgan fingerprint density at radius 2 is 2.00 bits per heavy atom. The minimum absolute atomic E-state index is 0.0341. The van der Waals surface area contributed by atoms with Gasteiger partial charge in [-0.1, -0.05) is 38.1 Å². The van der Waals surface area contributed by atoms with E-state index in [4.69, 9.17) is 0 Å². The molecule has 2 amide bonds. The summed E-state index contributed by atoms with van der Waals surface area (Å²) < 4.78 is 0. The molecule has 1 aromatic rings. The highest BCUT2D eigenvalue weighted by atomic mass is 16.3. The summed E-state index contributed by atoms with van der Waals surface area (Å²) in [6, 6.07) is 8.13. The van der Waals surface area contributed by atoms with Crippen LogP contribution in [0.4, 0.5) is 0 Å². The van der Waals surface area contributed by atoms with Crippen molar-refractivity contribution in [2.45, 2.75) is 38.7 Å². The second-order valence-electron chi connectivity index (χ2n) is 7.17. The zero-order valence-electron chi connectivity index (χ0n) is 13.7. The molecule has 23 heavy (non-hydrogen) atoms. The second kappa shape index (κ2) is 5.96. The molecule has 2 heterocycles. The summed E-state index contributed by atoms with van der Waals surface area (Å²) >= 11 is 0. The molecule has 2 aliphatic rings. The van der Waals surface area contributed by atoms with Gasteiger partial charge in [-0.25, -0.2) is 0 Å². The number of carbonyl (C=O) groups is 2. The number of likely N-dealkylation sites (tertiary alicyclic amines) is 1. The number of rotatable bonds is 3. The third-order valence-corrected chi connectivity index (χ3v) is 4.95. The first-order valence-corrected chi connectivity index (χ1v) is 8.23. The Hall–Kier alpha value is -1.88. The van der Waals surface area contributed by atoms with Gasteiger partial charge >= 0.3 is 0 Å². The molecule has 2 saturated heterocycles. The van der Waals surface area contributed by atoms with Gasteiger partial charge in [0.15, 0.2) is 0 Å². The van der Waals surface area contributed by atoms with Crippen molar-refractivity contribution in [2.75, 3.05) is 19.6 Å². The van der Waals surface area contributed by atoms with Crippen molar-refractivity contribution in [1.29, 1.82) is 0 Å². The summed E-state index contributed by atoms with van der Waals surface area (Å²) in [5.74, 6) is 0.486. The molecule has 1 aromatic carbocycles. The maximum atomic E-state index is 12.4. The summed E-state index contributed by atoms with van der Waals surface area (Å²) in [4.78, 5) is 26.1. The van der Waals surface area contributed by atoms with Crippen LogP contribution >= 0.6 is 0 Å². The second-order valence-corrected chi connectivity index (χ2v) is 7.17. The zero-order valence-corrected chi connectivity index (χ0v) is 13.7. The van der Waals surface area contributed by atoms with Crippen LogP contribution in [0.3, 0.4) is 0 Å². The van der Waals surface area contributed by atoms with E-state index in [-0.39, 0.29) is 11.8 Å². The van der Waals surface area contributed by atoms with Crippen LogP contribution in [0, 0.1) is 5.41 Å². The van der Waals surface area contributed by atoms with Crippen LogP contribution in [0.5, 0.6) is 0 Å². The molecule has 3 rings (SSSR count). The summed E-state index contributed by atoms with van der Waals surface area (Å²) in [5.41, 5.74) is 1.68. The predicted molar refractivity (Wildman–Crippen MR) is 86.9 cm³/mol. The third-order valence-electron chi connectivity index (χ3n) is 4.95. The number of nitrogens with one attached hydrogen (secondary N) is 1. The Labute approximate surface area is 136 Å². The molecule has 2 N–H and O–H groups in total. The summed E-state index contributed by atoms with van der Waals surface area (Å²) in [5, 5.41) is 12.5. The number of nitrogens with zero attached hydrogens (tertiary/aromatic N) is 1. The molecule has 2 aliphatic heterocycles. The highest BCUT2D eigenvalue weighted by Gasteiger charge is 2.53. The van der Waals surface area contributed by atoms with Gasteiger partial charge in [-0.3, -0.25) is 9.59 Å². The number of carbonyl (C=O) groups excluding carboxylic acids is 2. The number of benzene rings is 1. The smallest absolute Gasteiger partial charge is 0.230 e. The van der Waals surface area contributed by atoms with E-state index >= 15 is 0 Å². The molecule has 124 valence electrons. The van der Waals surface area contributed by atoms with E-state index in [0.29, 0.717) is 38.4 Å². The van der Waals surface area contributed by atoms with Gasteiger partial charge in [0.1, 0.15) is 0 Å². The molecule has 0 aliphatic carbocycles. The Morgan fingerprint density at radius 3 is 2.61 bits per heavy atom. The Kier molecular flexibility index (Phi) is 4.15. The lowest BCUT2D eigenvalue weighted by Gasteiger charge is -2.51. The first-order valence-electron chi connectivity index (χ1n) is 8.23. The maximum absolute atomic E-state index is 12.4. The summed E-state index contributed by atoms with van der Waals surface area (Å²) in [7, 11) is 0. The van der Waals surface area contributed by atoms with E-state index < -0.39 is 11.5 Å². The van der Waals surface area contributed by atoms with Crippen LogP contribution in [0.1, 0.15) is 37.3 Å². The number of amides is 2. The first-order chi connectivity index (χ1) is 10.9. The lowest BCUT2D eigenvalue weighted by atomic mass is 9.72. The predicted octanol–water partition coefficient (Wildman–Crippen LogP) is 1.06. The lowest BCUT2D eigenvalue weighted by Crippen LogP contribution is -2.68. The van der Waals surface area contributed by atoms with Crippen molar-refractivity contribution < 1.29 is 14.7 Å². The van der Waals surface area contributed by atoms with Crippen molar-refractivity contribution in [2.24, 2.45) is 5.41 Å². The van der Waals surface area contributed by atoms with Crippen LogP contribution in [0.15, 0.2) is 24.3 Å². The SMILES string of the molecule is CC(C)c1ccc(CC(=O)N2CC3(CC(O)CNC3=O)C2)cc1. The fourth-order valence-electron chi connectivity index (χ4n) is 3.45. The molecule has 2 fully saturated rings. The van der Waals surface area contributed by atoms with Crippen molar-refractivity contribution >= 4 is 11.8 Å². The van der Waals surface area contributed by atoms with E-state index in [1.54, 1.807) is 4.90 Å². The van der Waals surface area contributed by atoms with Gasteiger partial charge in [-0.15, -0.1) is 0 Å².